The van der Waals surface area contributed by atoms with Gasteiger partial charge in [0.1, 0.15) is 0 Å². The number of aryl methyl sites for hydroxylation is 1. The molecule has 0 aromatic heterocycles. The summed E-state index contributed by atoms with van der Waals surface area (Å²) in [6.45, 7) is 5.92. The SMILES string of the molecule is CCCN(CC1CC1)C(=O)c1cccc(C)c1Br. The van der Waals surface area contributed by atoms with Crippen LogP contribution in [0.2, 0.25) is 0 Å². The van der Waals surface area contributed by atoms with Gasteiger partial charge in [0.25, 0.3) is 5.91 Å². The number of carbonyl (C=O) groups is 1. The summed E-state index contributed by atoms with van der Waals surface area (Å²) < 4.78 is 0.937. The van der Waals surface area contributed by atoms with Gasteiger partial charge in [0.2, 0.25) is 0 Å². The molecular formula is C15H20BrNO. The molecule has 0 heterocycles. The van der Waals surface area contributed by atoms with E-state index in [2.05, 4.69) is 22.9 Å². The highest BCUT2D eigenvalue weighted by Gasteiger charge is 2.27. The number of rotatable bonds is 5. The van der Waals surface area contributed by atoms with Crippen LogP contribution in [0.1, 0.15) is 42.1 Å². The molecule has 0 unspecified atom stereocenters. The Labute approximate surface area is 117 Å². The van der Waals surface area contributed by atoms with Gasteiger partial charge in [-0.1, -0.05) is 19.1 Å². The lowest BCUT2D eigenvalue weighted by molar-refractivity contribution is 0.0746. The Morgan fingerprint density at radius 1 is 1.44 bits per heavy atom. The summed E-state index contributed by atoms with van der Waals surface area (Å²) >= 11 is 3.53. The Morgan fingerprint density at radius 3 is 2.78 bits per heavy atom. The fraction of sp³-hybridized carbons (Fsp3) is 0.533. The Balaban J connectivity index is 2.17. The number of nitrogens with zero attached hydrogens (tertiary/aromatic N) is 1. The second kappa shape index (κ2) is 5.87. The first-order valence-corrected chi connectivity index (χ1v) is 7.47. The van der Waals surface area contributed by atoms with Gasteiger partial charge in [-0.05, 0) is 59.7 Å². The zero-order valence-corrected chi connectivity index (χ0v) is 12.7. The second-order valence-corrected chi connectivity index (χ2v) is 5.92. The van der Waals surface area contributed by atoms with E-state index in [1.165, 1.54) is 12.8 Å². The van der Waals surface area contributed by atoms with Gasteiger partial charge in [-0.3, -0.25) is 4.79 Å². The molecule has 0 radical (unpaired) electrons. The van der Waals surface area contributed by atoms with Crippen LogP contribution < -0.4 is 0 Å². The quantitative estimate of drug-likeness (QED) is 0.804. The first-order chi connectivity index (χ1) is 8.63. The second-order valence-electron chi connectivity index (χ2n) is 5.13. The molecule has 1 aromatic carbocycles. The van der Waals surface area contributed by atoms with Crippen molar-refractivity contribution in [2.45, 2.75) is 33.1 Å². The third kappa shape index (κ3) is 3.14. The van der Waals surface area contributed by atoms with Crippen molar-refractivity contribution in [2.24, 2.45) is 5.92 Å². The zero-order chi connectivity index (χ0) is 13.1. The van der Waals surface area contributed by atoms with E-state index in [-0.39, 0.29) is 5.91 Å². The maximum absolute atomic E-state index is 12.6. The average molecular weight is 310 g/mol. The molecule has 1 saturated carbocycles. The summed E-state index contributed by atoms with van der Waals surface area (Å²) in [5.41, 5.74) is 1.91. The fourth-order valence-electron chi connectivity index (χ4n) is 2.14. The molecule has 18 heavy (non-hydrogen) atoms. The number of hydrogen-bond acceptors (Lipinski definition) is 1. The molecule has 1 aliphatic rings. The monoisotopic (exact) mass is 309 g/mol. The van der Waals surface area contributed by atoms with E-state index in [1.807, 2.05) is 30.0 Å². The highest BCUT2D eigenvalue weighted by Crippen LogP contribution is 2.31. The molecule has 0 spiro atoms. The highest BCUT2D eigenvalue weighted by atomic mass is 79.9. The van der Waals surface area contributed by atoms with Gasteiger partial charge in [0.05, 0.1) is 5.56 Å². The van der Waals surface area contributed by atoms with Gasteiger partial charge >= 0.3 is 0 Å². The molecule has 1 fully saturated rings. The summed E-state index contributed by atoms with van der Waals surface area (Å²) in [7, 11) is 0. The minimum atomic E-state index is 0.166. The first kappa shape index (κ1) is 13.6. The lowest BCUT2D eigenvalue weighted by Crippen LogP contribution is -2.33. The molecule has 98 valence electrons. The van der Waals surface area contributed by atoms with Crippen molar-refractivity contribution in [3.63, 3.8) is 0 Å². The van der Waals surface area contributed by atoms with Gasteiger partial charge in [0.15, 0.2) is 0 Å². The fourth-order valence-corrected chi connectivity index (χ4v) is 2.57. The van der Waals surface area contributed by atoms with Crippen molar-refractivity contribution in [1.82, 2.24) is 4.90 Å². The highest BCUT2D eigenvalue weighted by molar-refractivity contribution is 9.10. The molecule has 1 amide bonds. The van der Waals surface area contributed by atoms with E-state index in [0.717, 1.165) is 41.0 Å². The third-order valence-electron chi connectivity index (χ3n) is 3.38. The Hall–Kier alpha value is -0.830. The van der Waals surface area contributed by atoms with Crippen molar-refractivity contribution in [1.29, 1.82) is 0 Å². The maximum atomic E-state index is 12.6. The Morgan fingerprint density at radius 2 is 2.17 bits per heavy atom. The maximum Gasteiger partial charge on any atom is 0.255 e. The van der Waals surface area contributed by atoms with Crippen molar-refractivity contribution < 1.29 is 4.79 Å². The molecule has 0 aliphatic heterocycles. The number of halogens is 1. The van der Waals surface area contributed by atoms with Crippen LogP contribution >= 0.6 is 15.9 Å². The number of benzene rings is 1. The standard InChI is InChI=1S/C15H20BrNO/c1-3-9-17(10-12-7-8-12)15(18)13-6-4-5-11(2)14(13)16/h4-6,12H,3,7-10H2,1-2H3. The molecule has 1 aliphatic carbocycles. The lowest BCUT2D eigenvalue weighted by Gasteiger charge is -2.23. The Bertz CT molecular complexity index is 440. The van der Waals surface area contributed by atoms with Gasteiger partial charge in [0, 0.05) is 17.6 Å². The van der Waals surface area contributed by atoms with Crippen LogP contribution in [0.3, 0.4) is 0 Å². The summed E-state index contributed by atoms with van der Waals surface area (Å²) in [6.07, 6.45) is 3.58. The third-order valence-corrected chi connectivity index (χ3v) is 4.43. The summed E-state index contributed by atoms with van der Waals surface area (Å²) in [5.74, 6) is 0.906. The van der Waals surface area contributed by atoms with Gasteiger partial charge < -0.3 is 4.90 Å². The van der Waals surface area contributed by atoms with Crippen LogP contribution in [-0.2, 0) is 0 Å². The molecule has 0 N–H and O–H groups in total. The predicted molar refractivity (Wildman–Crippen MR) is 77.8 cm³/mol. The van der Waals surface area contributed by atoms with Gasteiger partial charge in [-0.2, -0.15) is 0 Å². The number of amides is 1. The van der Waals surface area contributed by atoms with Crippen LogP contribution in [0.15, 0.2) is 22.7 Å². The van der Waals surface area contributed by atoms with Gasteiger partial charge in [-0.15, -0.1) is 0 Å². The summed E-state index contributed by atoms with van der Waals surface area (Å²) in [4.78, 5) is 14.6. The minimum Gasteiger partial charge on any atom is -0.338 e. The molecule has 2 rings (SSSR count). The molecule has 0 atom stereocenters. The Kier molecular flexibility index (Phi) is 4.44. The van der Waals surface area contributed by atoms with E-state index in [1.54, 1.807) is 0 Å². The first-order valence-electron chi connectivity index (χ1n) is 6.68. The molecule has 3 heteroatoms. The minimum absolute atomic E-state index is 0.166. The topological polar surface area (TPSA) is 20.3 Å². The van der Waals surface area contributed by atoms with Crippen molar-refractivity contribution in [2.75, 3.05) is 13.1 Å². The van der Waals surface area contributed by atoms with Crippen molar-refractivity contribution >= 4 is 21.8 Å². The summed E-state index contributed by atoms with van der Waals surface area (Å²) in [6, 6.07) is 5.88. The molecule has 0 bridgehead atoms. The largest absolute Gasteiger partial charge is 0.338 e. The average Bonchev–Trinajstić information content (AvgIpc) is 3.15. The van der Waals surface area contributed by atoms with Gasteiger partial charge in [-0.25, -0.2) is 0 Å². The van der Waals surface area contributed by atoms with Crippen LogP contribution in [0.5, 0.6) is 0 Å². The smallest absolute Gasteiger partial charge is 0.255 e. The van der Waals surface area contributed by atoms with Crippen LogP contribution in [-0.4, -0.2) is 23.9 Å². The summed E-state index contributed by atoms with van der Waals surface area (Å²) in [5, 5.41) is 0. The lowest BCUT2D eigenvalue weighted by atomic mass is 10.1. The number of carbonyl (C=O) groups excluding carboxylic acids is 1. The van der Waals surface area contributed by atoms with Crippen LogP contribution in [0.4, 0.5) is 0 Å². The van der Waals surface area contributed by atoms with Crippen molar-refractivity contribution in [3.05, 3.63) is 33.8 Å². The van der Waals surface area contributed by atoms with E-state index in [0.29, 0.717) is 0 Å². The molecular weight excluding hydrogens is 290 g/mol. The van der Waals surface area contributed by atoms with Crippen LogP contribution in [0.25, 0.3) is 0 Å². The van der Waals surface area contributed by atoms with E-state index < -0.39 is 0 Å². The molecule has 2 nitrogen and oxygen atoms in total. The van der Waals surface area contributed by atoms with Crippen molar-refractivity contribution in [3.8, 4) is 0 Å². The van der Waals surface area contributed by atoms with E-state index >= 15 is 0 Å². The molecule has 0 saturated heterocycles. The predicted octanol–water partition coefficient (Wildman–Crippen LogP) is 4.02. The van der Waals surface area contributed by atoms with Crippen LogP contribution in [0, 0.1) is 12.8 Å². The number of hydrogen-bond donors (Lipinski definition) is 0. The molecule has 1 aromatic rings. The zero-order valence-electron chi connectivity index (χ0n) is 11.1. The normalized spacial score (nSPS) is 14.6. The van der Waals surface area contributed by atoms with E-state index in [9.17, 15) is 4.79 Å². The van der Waals surface area contributed by atoms with E-state index in [4.69, 9.17) is 0 Å².